The molecule has 0 heterocycles. The summed E-state index contributed by atoms with van der Waals surface area (Å²) in [6, 6.07) is 6.92. The molecule has 0 aliphatic carbocycles. The van der Waals surface area contributed by atoms with E-state index < -0.39 is 0 Å². The maximum Gasteiger partial charge on any atom is 0.319 e. The van der Waals surface area contributed by atoms with Crippen LogP contribution in [-0.4, -0.2) is 25.2 Å². The molecule has 98 valence electrons. The number of para-hydroxylation sites is 1. The third-order valence-electron chi connectivity index (χ3n) is 2.04. The second kappa shape index (κ2) is 7.71. The van der Waals surface area contributed by atoms with E-state index in [9.17, 15) is 9.59 Å². The standard InChI is InChI=1S/C12H15BrN2O3/c1-2-18-11(16)7-8-14-12(17)15-10-6-4-3-5-9(10)13/h3-6H,2,7-8H2,1H3,(H2,14,15,17). The van der Waals surface area contributed by atoms with Crippen LogP contribution in [0.5, 0.6) is 0 Å². The van der Waals surface area contributed by atoms with Crippen LogP contribution in [-0.2, 0) is 9.53 Å². The van der Waals surface area contributed by atoms with Crippen LogP contribution in [0, 0.1) is 0 Å². The zero-order valence-corrected chi connectivity index (χ0v) is 11.6. The maximum absolute atomic E-state index is 11.5. The average molecular weight is 315 g/mol. The third-order valence-corrected chi connectivity index (χ3v) is 2.73. The van der Waals surface area contributed by atoms with Crippen molar-refractivity contribution in [3.8, 4) is 0 Å². The van der Waals surface area contributed by atoms with E-state index in [1.807, 2.05) is 18.2 Å². The summed E-state index contributed by atoms with van der Waals surface area (Å²) in [6.07, 6.45) is 0.164. The van der Waals surface area contributed by atoms with Crippen molar-refractivity contribution in [1.82, 2.24) is 5.32 Å². The first-order valence-corrected chi connectivity index (χ1v) is 6.37. The van der Waals surface area contributed by atoms with Gasteiger partial charge < -0.3 is 15.4 Å². The first-order valence-electron chi connectivity index (χ1n) is 5.58. The molecule has 2 amide bonds. The van der Waals surface area contributed by atoms with Gasteiger partial charge in [0.05, 0.1) is 18.7 Å². The molecule has 18 heavy (non-hydrogen) atoms. The Kier molecular flexibility index (Phi) is 6.21. The summed E-state index contributed by atoms with van der Waals surface area (Å²) in [7, 11) is 0. The smallest absolute Gasteiger partial charge is 0.319 e. The first kappa shape index (κ1) is 14.5. The molecule has 2 N–H and O–H groups in total. The molecular formula is C12H15BrN2O3. The van der Waals surface area contributed by atoms with Crippen LogP contribution in [0.25, 0.3) is 0 Å². The Balaban J connectivity index is 2.30. The lowest BCUT2D eigenvalue weighted by molar-refractivity contribution is -0.142. The Labute approximate surface area is 114 Å². The minimum Gasteiger partial charge on any atom is -0.466 e. The van der Waals surface area contributed by atoms with E-state index in [4.69, 9.17) is 4.74 Å². The van der Waals surface area contributed by atoms with Gasteiger partial charge in [-0.2, -0.15) is 0 Å². The summed E-state index contributed by atoms with van der Waals surface area (Å²) in [5.41, 5.74) is 0.672. The number of rotatable bonds is 5. The fraction of sp³-hybridized carbons (Fsp3) is 0.333. The topological polar surface area (TPSA) is 67.4 Å². The number of benzene rings is 1. The molecule has 1 aromatic carbocycles. The van der Waals surface area contributed by atoms with Gasteiger partial charge in [-0.15, -0.1) is 0 Å². The highest BCUT2D eigenvalue weighted by Gasteiger charge is 2.06. The lowest BCUT2D eigenvalue weighted by Gasteiger charge is -2.08. The highest BCUT2D eigenvalue weighted by Crippen LogP contribution is 2.20. The Morgan fingerprint density at radius 3 is 2.72 bits per heavy atom. The Bertz CT molecular complexity index is 424. The monoisotopic (exact) mass is 314 g/mol. The number of nitrogens with one attached hydrogen (secondary N) is 2. The molecule has 0 aromatic heterocycles. The fourth-order valence-corrected chi connectivity index (χ4v) is 1.62. The number of carbonyl (C=O) groups is 2. The number of halogens is 1. The second-order valence-electron chi connectivity index (χ2n) is 3.42. The molecule has 0 saturated heterocycles. The van der Waals surface area contributed by atoms with Crippen LogP contribution in [0.3, 0.4) is 0 Å². The fourth-order valence-electron chi connectivity index (χ4n) is 1.24. The van der Waals surface area contributed by atoms with E-state index >= 15 is 0 Å². The molecule has 0 radical (unpaired) electrons. The van der Waals surface area contributed by atoms with Gasteiger partial charge in [-0.1, -0.05) is 12.1 Å². The van der Waals surface area contributed by atoms with Crippen LogP contribution in [0.4, 0.5) is 10.5 Å². The van der Waals surface area contributed by atoms with Crippen LogP contribution in [0.1, 0.15) is 13.3 Å². The molecule has 0 aliphatic rings. The SMILES string of the molecule is CCOC(=O)CCNC(=O)Nc1ccccc1Br. The first-order chi connectivity index (χ1) is 8.63. The molecular weight excluding hydrogens is 300 g/mol. The van der Waals surface area contributed by atoms with E-state index in [0.29, 0.717) is 12.3 Å². The molecule has 0 unspecified atom stereocenters. The lowest BCUT2D eigenvalue weighted by atomic mass is 10.3. The number of ether oxygens (including phenoxy) is 1. The van der Waals surface area contributed by atoms with Gasteiger partial charge in [0.1, 0.15) is 0 Å². The highest BCUT2D eigenvalue weighted by molar-refractivity contribution is 9.10. The van der Waals surface area contributed by atoms with Gasteiger partial charge in [-0.05, 0) is 35.0 Å². The zero-order chi connectivity index (χ0) is 13.4. The molecule has 0 bridgehead atoms. The van der Waals surface area contributed by atoms with E-state index in [-0.39, 0.29) is 25.0 Å². The number of hydrogen-bond donors (Lipinski definition) is 2. The van der Waals surface area contributed by atoms with Crippen molar-refractivity contribution in [2.24, 2.45) is 0 Å². The zero-order valence-electron chi connectivity index (χ0n) is 10.0. The van der Waals surface area contributed by atoms with Crippen molar-refractivity contribution in [3.63, 3.8) is 0 Å². The summed E-state index contributed by atoms with van der Waals surface area (Å²) >= 11 is 3.32. The quantitative estimate of drug-likeness (QED) is 0.821. The molecule has 6 heteroatoms. The maximum atomic E-state index is 11.5. The van der Waals surface area contributed by atoms with Crippen LogP contribution < -0.4 is 10.6 Å². The van der Waals surface area contributed by atoms with E-state index in [0.717, 1.165) is 4.47 Å². The van der Waals surface area contributed by atoms with E-state index in [2.05, 4.69) is 26.6 Å². The van der Waals surface area contributed by atoms with Crippen LogP contribution in [0.15, 0.2) is 28.7 Å². The Morgan fingerprint density at radius 2 is 2.06 bits per heavy atom. The van der Waals surface area contributed by atoms with Crippen molar-refractivity contribution in [1.29, 1.82) is 0 Å². The van der Waals surface area contributed by atoms with Gasteiger partial charge in [0.15, 0.2) is 0 Å². The number of amides is 2. The highest BCUT2D eigenvalue weighted by atomic mass is 79.9. The van der Waals surface area contributed by atoms with Gasteiger partial charge >= 0.3 is 12.0 Å². The molecule has 0 atom stereocenters. The summed E-state index contributed by atoms with van der Waals surface area (Å²) in [5.74, 6) is -0.321. The van der Waals surface area contributed by atoms with Gasteiger partial charge in [0.25, 0.3) is 0 Å². The van der Waals surface area contributed by atoms with Gasteiger partial charge in [-0.3, -0.25) is 4.79 Å². The number of carbonyl (C=O) groups excluding carboxylic acids is 2. The average Bonchev–Trinajstić information content (AvgIpc) is 2.32. The second-order valence-corrected chi connectivity index (χ2v) is 4.27. The van der Waals surface area contributed by atoms with E-state index in [1.165, 1.54) is 0 Å². The number of anilines is 1. The van der Waals surface area contributed by atoms with Crippen molar-refractivity contribution in [2.75, 3.05) is 18.5 Å². The van der Waals surface area contributed by atoms with Crippen molar-refractivity contribution < 1.29 is 14.3 Å². The predicted octanol–water partition coefficient (Wildman–Crippen LogP) is 2.52. The Morgan fingerprint density at radius 1 is 1.33 bits per heavy atom. The van der Waals surface area contributed by atoms with Crippen molar-refractivity contribution in [2.45, 2.75) is 13.3 Å². The largest absolute Gasteiger partial charge is 0.466 e. The van der Waals surface area contributed by atoms with Crippen molar-refractivity contribution >= 4 is 33.6 Å². The number of hydrogen-bond acceptors (Lipinski definition) is 3. The summed E-state index contributed by atoms with van der Waals surface area (Å²) < 4.78 is 5.54. The Hall–Kier alpha value is -1.56. The molecule has 0 aliphatic heterocycles. The molecule has 0 saturated carbocycles. The van der Waals surface area contributed by atoms with Crippen LogP contribution in [0.2, 0.25) is 0 Å². The molecule has 1 aromatic rings. The van der Waals surface area contributed by atoms with Crippen LogP contribution >= 0.6 is 15.9 Å². The predicted molar refractivity (Wildman–Crippen MR) is 72.4 cm³/mol. The minimum atomic E-state index is -0.355. The van der Waals surface area contributed by atoms with Gasteiger partial charge in [0.2, 0.25) is 0 Å². The van der Waals surface area contributed by atoms with Gasteiger partial charge in [-0.25, -0.2) is 4.79 Å². The summed E-state index contributed by atoms with van der Waals surface area (Å²) in [6.45, 7) is 2.34. The van der Waals surface area contributed by atoms with Gasteiger partial charge in [0, 0.05) is 11.0 Å². The summed E-state index contributed by atoms with van der Waals surface area (Å²) in [5, 5.41) is 5.24. The number of urea groups is 1. The minimum absolute atomic E-state index is 0.164. The molecule has 5 nitrogen and oxygen atoms in total. The normalized spacial score (nSPS) is 9.67. The third kappa shape index (κ3) is 5.18. The summed E-state index contributed by atoms with van der Waals surface area (Å²) in [4.78, 5) is 22.5. The molecule has 1 rings (SSSR count). The van der Waals surface area contributed by atoms with E-state index in [1.54, 1.807) is 13.0 Å². The molecule has 0 fully saturated rings. The number of esters is 1. The van der Waals surface area contributed by atoms with Crippen molar-refractivity contribution in [3.05, 3.63) is 28.7 Å². The molecule has 0 spiro atoms. The lowest BCUT2D eigenvalue weighted by Crippen LogP contribution is -2.31.